The molecule has 1 atom stereocenters. The van der Waals surface area contributed by atoms with Gasteiger partial charge in [-0.25, -0.2) is 0 Å². The minimum Gasteiger partial charge on any atom is -0.396 e. The first-order chi connectivity index (χ1) is 5.85. The van der Waals surface area contributed by atoms with Crippen molar-refractivity contribution in [3.8, 4) is 0 Å². The zero-order chi connectivity index (χ0) is 8.44. The first-order valence-corrected chi connectivity index (χ1v) is 4.80. The molecule has 2 aliphatic heterocycles. The highest BCUT2D eigenvalue weighted by atomic mass is 16.5. The molecule has 0 aromatic rings. The van der Waals surface area contributed by atoms with Crippen LogP contribution in [0.2, 0.25) is 0 Å². The molecule has 0 unspecified atom stereocenters. The van der Waals surface area contributed by atoms with E-state index in [1.807, 2.05) is 0 Å². The SMILES string of the molecule is OC[C@@H]1COC2(CCNCC2)C1. The molecule has 3 heteroatoms. The van der Waals surface area contributed by atoms with E-state index >= 15 is 0 Å². The third-order valence-electron chi connectivity index (χ3n) is 3.06. The summed E-state index contributed by atoms with van der Waals surface area (Å²) >= 11 is 0. The summed E-state index contributed by atoms with van der Waals surface area (Å²) in [5.41, 5.74) is 0.124. The molecule has 2 aliphatic rings. The average Bonchev–Trinajstić information content (AvgIpc) is 2.50. The van der Waals surface area contributed by atoms with Gasteiger partial charge >= 0.3 is 0 Å². The van der Waals surface area contributed by atoms with Crippen LogP contribution in [0.25, 0.3) is 0 Å². The zero-order valence-corrected chi connectivity index (χ0v) is 7.38. The number of hydrogen-bond donors (Lipinski definition) is 2. The van der Waals surface area contributed by atoms with Gasteiger partial charge in [-0.05, 0) is 32.4 Å². The number of piperidine rings is 1. The van der Waals surface area contributed by atoms with Gasteiger partial charge in [-0.2, -0.15) is 0 Å². The Morgan fingerprint density at radius 3 is 2.75 bits per heavy atom. The van der Waals surface area contributed by atoms with E-state index in [2.05, 4.69) is 5.32 Å². The highest BCUT2D eigenvalue weighted by molar-refractivity contribution is 4.92. The second kappa shape index (κ2) is 3.32. The van der Waals surface area contributed by atoms with E-state index in [4.69, 9.17) is 9.84 Å². The van der Waals surface area contributed by atoms with Crippen molar-refractivity contribution < 1.29 is 9.84 Å². The Hall–Kier alpha value is -0.120. The van der Waals surface area contributed by atoms with Crippen LogP contribution in [0.15, 0.2) is 0 Å². The number of rotatable bonds is 1. The van der Waals surface area contributed by atoms with Crippen LogP contribution in [0.1, 0.15) is 19.3 Å². The highest BCUT2D eigenvalue weighted by Gasteiger charge is 2.40. The summed E-state index contributed by atoms with van der Waals surface area (Å²) in [6.45, 7) is 3.18. The van der Waals surface area contributed by atoms with Crippen LogP contribution in [0.4, 0.5) is 0 Å². The Bertz CT molecular complexity index is 155. The van der Waals surface area contributed by atoms with Gasteiger partial charge in [-0.1, -0.05) is 0 Å². The Labute approximate surface area is 73.1 Å². The van der Waals surface area contributed by atoms with Gasteiger partial charge in [0.25, 0.3) is 0 Å². The van der Waals surface area contributed by atoms with E-state index < -0.39 is 0 Å². The monoisotopic (exact) mass is 171 g/mol. The van der Waals surface area contributed by atoms with Crippen molar-refractivity contribution in [2.45, 2.75) is 24.9 Å². The summed E-state index contributed by atoms with van der Waals surface area (Å²) in [6.07, 6.45) is 3.29. The minimum absolute atomic E-state index is 0.124. The van der Waals surface area contributed by atoms with Gasteiger partial charge in [0.05, 0.1) is 12.2 Å². The van der Waals surface area contributed by atoms with Gasteiger partial charge in [0, 0.05) is 12.5 Å². The lowest BCUT2D eigenvalue weighted by Gasteiger charge is -2.32. The molecule has 12 heavy (non-hydrogen) atoms. The molecule has 0 radical (unpaired) electrons. The highest BCUT2D eigenvalue weighted by Crippen LogP contribution is 2.36. The van der Waals surface area contributed by atoms with Gasteiger partial charge in [-0.15, -0.1) is 0 Å². The molecular weight excluding hydrogens is 154 g/mol. The molecule has 0 amide bonds. The Kier molecular flexibility index (Phi) is 2.35. The quantitative estimate of drug-likeness (QED) is 0.589. The maximum absolute atomic E-state index is 8.98. The van der Waals surface area contributed by atoms with Crippen molar-refractivity contribution >= 4 is 0 Å². The lowest BCUT2D eigenvalue weighted by Crippen LogP contribution is -2.41. The smallest absolute Gasteiger partial charge is 0.0711 e. The molecule has 0 aromatic carbocycles. The molecular formula is C9H17NO2. The van der Waals surface area contributed by atoms with E-state index in [0.717, 1.165) is 39.0 Å². The molecule has 0 bridgehead atoms. The van der Waals surface area contributed by atoms with Gasteiger partial charge < -0.3 is 15.2 Å². The molecule has 1 spiro atoms. The molecule has 2 fully saturated rings. The van der Waals surface area contributed by atoms with Crippen molar-refractivity contribution in [3.63, 3.8) is 0 Å². The predicted molar refractivity (Wildman–Crippen MR) is 46.0 cm³/mol. The maximum atomic E-state index is 8.98. The molecule has 0 aliphatic carbocycles. The van der Waals surface area contributed by atoms with Gasteiger partial charge in [-0.3, -0.25) is 0 Å². The van der Waals surface area contributed by atoms with Crippen LogP contribution in [0.5, 0.6) is 0 Å². The lowest BCUT2D eigenvalue weighted by molar-refractivity contribution is -0.0200. The fourth-order valence-electron chi connectivity index (χ4n) is 2.29. The number of nitrogens with one attached hydrogen (secondary N) is 1. The topological polar surface area (TPSA) is 41.5 Å². The molecule has 70 valence electrons. The van der Waals surface area contributed by atoms with Gasteiger partial charge in [0.2, 0.25) is 0 Å². The second-order valence-corrected chi connectivity index (χ2v) is 4.00. The molecule has 0 saturated carbocycles. The van der Waals surface area contributed by atoms with E-state index in [9.17, 15) is 0 Å². The maximum Gasteiger partial charge on any atom is 0.0711 e. The summed E-state index contributed by atoms with van der Waals surface area (Å²) in [4.78, 5) is 0. The summed E-state index contributed by atoms with van der Waals surface area (Å²) in [6, 6.07) is 0. The number of aliphatic hydroxyl groups is 1. The third kappa shape index (κ3) is 1.49. The van der Waals surface area contributed by atoms with Crippen LogP contribution in [-0.2, 0) is 4.74 Å². The number of hydrogen-bond acceptors (Lipinski definition) is 3. The number of ether oxygens (including phenoxy) is 1. The van der Waals surface area contributed by atoms with Crippen molar-refractivity contribution in [1.82, 2.24) is 5.32 Å². The van der Waals surface area contributed by atoms with Crippen LogP contribution < -0.4 is 5.32 Å². The third-order valence-corrected chi connectivity index (χ3v) is 3.06. The first kappa shape index (κ1) is 8.48. The van der Waals surface area contributed by atoms with Crippen molar-refractivity contribution in [3.05, 3.63) is 0 Å². The first-order valence-electron chi connectivity index (χ1n) is 4.80. The normalized spacial score (nSPS) is 34.2. The summed E-state index contributed by atoms with van der Waals surface area (Å²) in [7, 11) is 0. The molecule has 2 rings (SSSR count). The van der Waals surface area contributed by atoms with E-state index in [-0.39, 0.29) is 12.2 Å². The molecule has 3 nitrogen and oxygen atoms in total. The fourth-order valence-corrected chi connectivity index (χ4v) is 2.29. The number of aliphatic hydroxyl groups excluding tert-OH is 1. The summed E-state index contributed by atoms with van der Waals surface area (Å²) in [5, 5.41) is 12.3. The molecule has 0 aromatic heterocycles. The fraction of sp³-hybridized carbons (Fsp3) is 1.00. The Morgan fingerprint density at radius 1 is 1.42 bits per heavy atom. The van der Waals surface area contributed by atoms with Crippen LogP contribution in [0, 0.1) is 5.92 Å². The van der Waals surface area contributed by atoms with E-state index in [1.165, 1.54) is 0 Å². The Morgan fingerprint density at radius 2 is 2.17 bits per heavy atom. The zero-order valence-electron chi connectivity index (χ0n) is 7.38. The van der Waals surface area contributed by atoms with Crippen molar-refractivity contribution in [2.24, 2.45) is 5.92 Å². The summed E-state index contributed by atoms with van der Waals surface area (Å²) < 4.78 is 5.78. The predicted octanol–water partition coefficient (Wildman–Crippen LogP) is 0.137. The Balaban J connectivity index is 1.94. The largest absolute Gasteiger partial charge is 0.396 e. The van der Waals surface area contributed by atoms with Gasteiger partial charge in [0.1, 0.15) is 0 Å². The minimum atomic E-state index is 0.124. The molecule has 2 saturated heterocycles. The summed E-state index contributed by atoms with van der Waals surface area (Å²) in [5.74, 6) is 0.392. The lowest BCUT2D eigenvalue weighted by atomic mass is 9.86. The van der Waals surface area contributed by atoms with Crippen LogP contribution in [0.3, 0.4) is 0 Å². The van der Waals surface area contributed by atoms with Crippen molar-refractivity contribution in [1.29, 1.82) is 0 Å². The average molecular weight is 171 g/mol. The van der Waals surface area contributed by atoms with E-state index in [0.29, 0.717) is 5.92 Å². The van der Waals surface area contributed by atoms with Crippen LogP contribution in [-0.4, -0.2) is 37.0 Å². The standard InChI is InChI=1S/C9H17NO2/c11-6-8-5-9(12-7-8)1-3-10-4-2-9/h8,10-11H,1-7H2/t8-/m1/s1. The van der Waals surface area contributed by atoms with Gasteiger partial charge in [0.15, 0.2) is 0 Å². The van der Waals surface area contributed by atoms with E-state index in [1.54, 1.807) is 0 Å². The van der Waals surface area contributed by atoms with Crippen molar-refractivity contribution in [2.75, 3.05) is 26.3 Å². The molecule has 2 N–H and O–H groups in total. The van der Waals surface area contributed by atoms with Crippen LogP contribution >= 0.6 is 0 Å². The molecule has 2 heterocycles. The second-order valence-electron chi connectivity index (χ2n) is 4.00.